The highest BCUT2D eigenvalue weighted by molar-refractivity contribution is 6.18. The van der Waals surface area contributed by atoms with Crippen LogP contribution < -0.4 is 4.90 Å². The van der Waals surface area contributed by atoms with Crippen LogP contribution in [0.15, 0.2) is 175 Å². The van der Waals surface area contributed by atoms with E-state index in [1.165, 1.54) is 38.1 Å². The number of rotatable bonds is 7. The van der Waals surface area contributed by atoms with Gasteiger partial charge in [-0.05, 0) is 90.2 Å². The lowest BCUT2D eigenvalue weighted by atomic mass is 10.0. The first kappa shape index (κ1) is 29.6. The van der Waals surface area contributed by atoms with Gasteiger partial charge >= 0.3 is 0 Å². The average Bonchev–Trinajstić information content (AvgIpc) is 3.71. The molecule has 0 aliphatic rings. The molecule has 0 saturated carbocycles. The fourth-order valence-corrected chi connectivity index (χ4v) is 7.38. The SMILES string of the molecule is C=Cc1oc2ccc(N(c3ccccc3)c3ccc(-c4ccc(-n5c6ccccc6c6ccc7ccccc7c65)cc4)cc3)cc2c1/C=C\C. The monoisotopic (exact) mass is 642 g/mol. The zero-order valence-electron chi connectivity index (χ0n) is 27.8. The van der Waals surface area contributed by atoms with Gasteiger partial charge in [0.25, 0.3) is 0 Å². The van der Waals surface area contributed by atoms with Crippen LogP contribution in [-0.4, -0.2) is 4.57 Å². The zero-order chi connectivity index (χ0) is 33.6. The molecule has 2 heterocycles. The number of fused-ring (bicyclic) bond motifs is 6. The Labute approximate surface area is 291 Å². The summed E-state index contributed by atoms with van der Waals surface area (Å²) < 4.78 is 8.53. The van der Waals surface area contributed by atoms with E-state index in [0.717, 1.165) is 50.6 Å². The van der Waals surface area contributed by atoms with Crippen molar-refractivity contribution in [3.63, 3.8) is 0 Å². The summed E-state index contributed by atoms with van der Waals surface area (Å²) in [6.45, 7) is 5.99. The first-order chi connectivity index (χ1) is 24.7. The van der Waals surface area contributed by atoms with E-state index in [1.54, 1.807) is 6.08 Å². The largest absolute Gasteiger partial charge is 0.456 e. The first-order valence-corrected chi connectivity index (χ1v) is 17.0. The van der Waals surface area contributed by atoms with Crippen molar-refractivity contribution in [1.29, 1.82) is 0 Å². The second-order valence-electron chi connectivity index (χ2n) is 12.6. The van der Waals surface area contributed by atoms with Crippen molar-refractivity contribution in [3.05, 3.63) is 182 Å². The fraction of sp³-hybridized carbons (Fsp3) is 0.0213. The van der Waals surface area contributed by atoms with Crippen LogP contribution in [0.25, 0.3) is 72.5 Å². The first-order valence-electron chi connectivity index (χ1n) is 17.0. The number of anilines is 3. The normalized spacial score (nSPS) is 11.7. The maximum Gasteiger partial charge on any atom is 0.135 e. The number of furan rings is 1. The molecule has 0 unspecified atom stereocenters. The molecule has 0 radical (unpaired) electrons. The lowest BCUT2D eigenvalue weighted by molar-refractivity contribution is 0.603. The van der Waals surface area contributed by atoms with E-state index in [4.69, 9.17) is 4.42 Å². The number of para-hydroxylation sites is 2. The second-order valence-corrected chi connectivity index (χ2v) is 12.6. The Hall–Kier alpha value is -6.58. The highest BCUT2D eigenvalue weighted by atomic mass is 16.3. The van der Waals surface area contributed by atoms with Crippen LogP contribution in [0, 0.1) is 0 Å². The van der Waals surface area contributed by atoms with Crippen LogP contribution in [0.4, 0.5) is 17.1 Å². The molecule has 50 heavy (non-hydrogen) atoms. The number of hydrogen-bond acceptors (Lipinski definition) is 2. The van der Waals surface area contributed by atoms with Gasteiger partial charge in [0.15, 0.2) is 0 Å². The molecule has 0 amide bonds. The number of aromatic nitrogens is 1. The van der Waals surface area contributed by atoms with Crippen molar-refractivity contribution in [2.24, 2.45) is 0 Å². The molecule has 3 nitrogen and oxygen atoms in total. The molecule has 9 rings (SSSR count). The van der Waals surface area contributed by atoms with E-state index < -0.39 is 0 Å². The average molecular weight is 643 g/mol. The second kappa shape index (κ2) is 12.1. The summed E-state index contributed by atoms with van der Waals surface area (Å²) >= 11 is 0. The molecule has 0 aliphatic carbocycles. The van der Waals surface area contributed by atoms with Gasteiger partial charge in [0.1, 0.15) is 11.3 Å². The minimum atomic E-state index is 0.781. The number of nitrogens with zero attached hydrogens (tertiary/aromatic N) is 2. The van der Waals surface area contributed by atoms with Gasteiger partial charge in [0.2, 0.25) is 0 Å². The summed E-state index contributed by atoms with van der Waals surface area (Å²) in [6, 6.07) is 56.5. The Morgan fingerprint density at radius 3 is 2.00 bits per heavy atom. The van der Waals surface area contributed by atoms with Crippen LogP contribution in [0.2, 0.25) is 0 Å². The predicted molar refractivity (Wildman–Crippen MR) is 213 cm³/mol. The molecule has 2 aromatic heterocycles. The van der Waals surface area contributed by atoms with Crippen LogP contribution in [0.5, 0.6) is 0 Å². The number of allylic oxidation sites excluding steroid dienone is 1. The Morgan fingerprint density at radius 2 is 1.24 bits per heavy atom. The zero-order valence-corrected chi connectivity index (χ0v) is 27.8. The fourth-order valence-electron chi connectivity index (χ4n) is 7.38. The van der Waals surface area contributed by atoms with Crippen molar-refractivity contribution in [2.75, 3.05) is 4.90 Å². The molecular formula is C47H34N2O. The molecule has 9 aromatic rings. The lowest BCUT2D eigenvalue weighted by Crippen LogP contribution is -2.09. The maximum atomic E-state index is 6.12. The molecule has 3 heteroatoms. The molecule has 238 valence electrons. The van der Waals surface area contributed by atoms with E-state index in [-0.39, 0.29) is 0 Å². The van der Waals surface area contributed by atoms with Crippen LogP contribution in [0.1, 0.15) is 18.2 Å². The van der Waals surface area contributed by atoms with Gasteiger partial charge in [-0.2, -0.15) is 0 Å². The van der Waals surface area contributed by atoms with Gasteiger partial charge in [-0.1, -0.05) is 116 Å². The Bertz CT molecular complexity index is 2710. The summed E-state index contributed by atoms with van der Waals surface area (Å²) in [4.78, 5) is 2.29. The molecule has 7 aromatic carbocycles. The minimum Gasteiger partial charge on any atom is -0.456 e. The van der Waals surface area contributed by atoms with Crippen LogP contribution in [0.3, 0.4) is 0 Å². The van der Waals surface area contributed by atoms with Crippen molar-refractivity contribution >= 4 is 72.8 Å². The molecule has 0 N–H and O–H groups in total. The van der Waals surface area contributed by atoms with Gasteiger partial charge in [-0.15, -0.1) is 0 Å². The number of benzene rings is 7. The topological polar surface area (TPSA) is 21.3 Å². The van der Waals surface area contributed by atoms with Crippen molar-refractivity contribution in [3.8, 4) is 16.8 Å². The van der Waals surface area contributed by atoms with E-state index in [2.05, 4.69) is 180 Å². The summed E-state index contributed by atoms with van der Waals surface area (Å²) in [5.41, 5.74) is 11.0. The highest BCUT2D eigenvalue weighted by Crippen LogP contribution is 2.40. The molecule has 0 bridgehead atoms. The summed E-state index contributed by atoms with van der Waals surface area (Å²) in [7, 11) is 0. The predicted octanol–water partition coefficient (Wildman–Crippen LogP) is 13.5. The Kier molecular flexibility index (Phi) is 7.18. The van der Waals surface area contributed by atoms with Gasteiger partial charge < -0.3 is 13.9 Å². The lowest BCUT2D eigenvalue weighted by Gasteiger charge is -2.25. The smallest absolute Gasteiger partial charge is 0.135 e. The summed E-state index contributed by atoms with van der Waals surface area (Å²) in [5.74, 6) is 0.781. The van der Waals surface area contributed by atoms with Gasteiger partial charge in [0, 0.05) is 49.9 Å². The van der Waals surface area contributed by atoms with E-state index in [1.807, 2.05) is 13.0 Å². The standard InChI is InChI=1S/C47H34N2O/c1-3-12-41-43-31-38(28-30-46(43)50-45(41)4-2)48(35-14-6-5-7-15-35)36-24-19-32(20-25-36)33-21-26-37(27-22-33)49-44-18-11-10-17-40(44)42-29-23-34-13-8-9-16-39(34)47(42)49/h3-31H,2H2,1H3/b12-3-. The van der Waals surface area contributed by atoms with Crippen molar-refractivity contribution < 1.29 is 4.42 Å². The quantitative estimate of drug-likeness (QED) is 0.172. The van der Waals surface area contributed by atoms with E-state index in [0.29, 0.717) is 0 Å². The molecule has 0 saturated heterocycles. The van der Waals surface area contributed by atoms with Crippen molar-refractivity contribution in [1.82, 2.24) is 4.57 Å². The number of hydrogen-bond donors (Lipinski definition) is 0. The van der Waals surface area contributed by atoms with E-state index in [9.17, 15) is 0 Å². The minimum absolute atomic E-state index is 0.781. The van der Waals surface area contributed by atoms with Gasteiger partial charge in [-0.25, -0.2) is 0 Å². The summed E-state index contributed by atoms with van der Waals surface area (Å²) in [5, 5.41) is 6.10. The summed E-state index contributed by atoms with van der Waals surface area (Å²) in [6.07, 6.45) is 5.90. The molecule has 0 fully saturated rings. The van der Waals surface area contributed by atoms with Gasteiger partial charge in [-0.3, -0.25) is 0 Å². The third-order valence-electron chi connectivity index (χ3n) is 9.67. The third kappa shape index (κ3) is 4.83. The van der Waals surface area contributed by atoms with Crippen molar-refractivity contribution in [2.45, 2.75) is 6.92 Å². The Morgan fingerprint density at radius 1 is 0.580 bits per heavy atom. The Balaban J connectivity index is 1.10. The van der Waals surface area contributed by atoms with Gasteiger partial charge in [0.05, 0.1) is 11.0 Å². The third-order valence-corrected chi connectivity index (χ3v) is 9.67. The highest BCUT2D eigenvalue weighted by Gasteiger charge is 2.18. The molecule has 0 aliphatic heterocycles. The molecule has 0 atom stereocenters. The molecular weight excluding hydrogens is 609 g/mol. The van der Waals surface area contributed by atoms with Crippen LogP contribution >= 0.6 is 0 Å². The molecule has 0 spiro atoms. The van der Waals surface area contributed by atoms with Crippen LogP contribution in [-0.2, 0) is 0 Å². The maximum absolute atomic E-state index is 6.12. The van der Waals surface area contributed by atoms with E-state index >= 15 is 0 Å².